The third kappa shape index (κ3) is 9.84. The normalized spacial score (nSPS) is 22.5. The number of benzene rings is 2. The fourth-order valence-corrected chi connectivity index (χ4v) is 7.11. The first-order valence-corrected chi connectivity index (χ1v) is 16.9. The number of aliphatic hydroxyl groups is 1. The van der Waals surface area contributed by atoms with Crippen LogP contribution in [0.25, 0.3) is 0 Å². The molecule has 2 aromatic rings. The Morgan fingerprint density at radius 3 is 2.46 bits per heavy atom. The Bertz CT molecular complexity index is 1380. The molecular formula is C31H44N4O10S. The number of sulfonamides is 1. The summed E-state index contributed by atoms with van der Waals surface area (Å²) in [5.74, 6) is -1.02. The second-order valence-corrected chi connectivity index (χ2v) is 13.4. The van der Waals surface area contributed by atoms with Crippen LogP contribution in [0.15, 0.2) is 59.5 Å². The van der Waals surface area contributed by atoms with Gasteiger partial charge in [0, 0.05) is 24.7 Å². The standard InChI is InChI=1S/C24H34N4O6S.C7H10O4/c25-13-14-26-19-9-6-12-21(16-19)35(32,33)28(34-20-10-4-5-11-20)17-23(29)22(27-24(30)31)15-18-7-2-1-3-8-18;8-6(9)5-3-11-7-4(5)1-2-10-7/h1-3,6-9,12,16,20,22-23,26-27,29H,4-5,10-11,13-15,17,25H2,(H,30,31);4-5,7H,1-3H2,(H,8,9)/t22-,23+;/m0./s1. The molecule has 2 saturated heterocycles. The minimum absolute atomic E-state index is 0.00415. The molecule has 2 aliphatic heterocycles. The van der Waals surface area contributed by atoms with E-state index in [0.717, 1.165) is 29.3 Å². The van der Waals surface area contributed by atoms with Gasteiger partial charge in [0.1, 0.15) is 0 Å². The number of hydrogen-bond donors (Lipinski definition) is 6. The van der Waals surface area contributed by atoms with Gasteiger partial charge in [0.2, 0.25) is 0 Å². The molecule has 1 amide bonds. The molecule has 0 radical (unpaired) electrons. The number of carboxylic acid groups (broad SMARTS) is 2. The van der Waals surface area contributed by atoms with E-state index in [2.05, 4.69) is 10.6 Å². The molecule has 2 heterocycles. The number of nitrogens with zero attached hydrogens (tertiary/aromatic N) is 1. The number of rotatable bonds is 14. The summed E-state index contributed by atoms with van der Waals surface area (Å²) >= 11 is 0. The molecule has 2 aromatic carbocycles. The second kappa shape index (κ2) is 17.0. The van der Waals surface area contributed by atoms with E-state index in [4.69, 9.17) is 25.2 Å². The number of hydroxylamine groups is 1. The monoisotopic (exact) mass is 664 g/mol. The van der Waals surface area contributed by atoms with Crippen molar-refractivity contribution < 1.29 is 47.6 Å². The average Bonchev–Trinajstić information content (AvgIpc) is 3.80. The molecule has 5 rings (SSSR count). The summed E-state index contributed by atoms with van der Waals surface area (Å²) in [6.07, 6.45) is 1.07. The Hall–Kier alpha value is -3.31. The minimum Gasteiger partial charge on any atom is -0.481 e. The van der Waals surface area contributed by atoms with E-state index >= 15 is 0 Å². The van der Waals surface area contributed by atoms with Gasteiger partial charge in [-0.05, 0) is 49.4 Å². The maximum Gasteiger partial charge on any atom is 0.404 e. The van der Waals surface area contributed by atoms with Crippen LogP contribution < -0.4 is 16.4 Å². The van der Waals surface area contributed by atoms with Crippen molar-refractivity contribution in [1.82, 2.24) is 9.79 Å². The number of ether oxygens (including phenoxy) is 2. The number of nitrogens with one attached hydrogen (secondary N) is 2. The first-order chi connectivity index (χ1) is 22.1. The predicted octanol–water partition coefficient (Wildman–Crippen LogP) is 2.24. The molecule has 3 aliphatic rings. The van der Waals surface area contributed by atoms with Crippen molar-refractivity contribution in [3.63, 3.8) is 0 Å². The highest BCUT2D eigenvalue weighted by Gasteiger charge is 2.45. The molecule has 15 heteroatoms. The molecule has 0 bridgehead atoms. The van der Waals surface area contributed by atoms with Gasteiger partial charge in [-0.25, -0.2) is 13.2 Å². The summed E-state index contributed by atoms with van der Waals surface area (Å²) in [4.78, 5) is 27.9. The number of fused-ring (bicyclic) bond motifs is 1. The summed E-state index contributed by atoms with van der Waals surface area (Å²) in [6, 6.07) is 14.4. The second-order valence-electron chi connectivity index (χ2n) is 11.5. The smallest absolute Gasteiger partial charge is 0.404 e. The summed E-state index contributed by atoms with van der Waals surface area (Å²) < 4.78 is 38.3. The van der Waals surface area contributed by atoms with Crippen LogP contribution in [0, 0.1) is 11.8 Å². The van der Waals surface area contributed by atoms with Crippen LogP contribution in [-0.2, 0) is 35.5 Å². The van der Waals surface area contributed by atoms with Gasteiger partial charge in [-0.15, -0.1) is 0 Å². The molecular weight excluding hydrogens is 620 g/mol. The van der Waals surface area contributed by atoms with Gasteiger partial charge >= 0.3 is 12.1 Å². The molecule has 1 saturated carbocycles. The fraction of sp³-hybridized carbons (Fsp3) is 0.548. The van der Waals surface area contributed by atoms with Gasteiger partial charge < -0.3 is 41.2 Å². The Morgan fingerprint density at radius 2 is 1.78 bits per heavy atom. The van der Waals surface area contributed by atoms with Gasteiger partial charge in [-0.1, -0.05) is 53.7 Å². The van der Waals surface area contributed by atoms with Crippen molar-refractivity contribution in [2.24, 2.45) is 17.6 Å². The van der Waals surface area contributed by atoms with Gasteiger partial charge in [0.05, 0.1) is 48.8 Å². The van der Waals surface area contributed by atoms with Crippen molar-refractivity contribution in [3.8, 4) is 0 Å². The predicted molar refractivity (Wildman–Crippen MR) is 167 cm³/mol. The van der Waals surface area contributed by atoms with E-state index in [9.17, 15) is 28.2 Å². The molecule has 0 spiro atoms. The lowest BCUT2D eigenvalue weighted by Gasteiger charge is -2.30. The number of hydrogen-bond acceptors (Lipinski definition) is 10. The van der Waals surface area contributed by atoms with Gasteiger partial charge in [-0.2, -0.15) is 0 Å². The number of amides is 1. The zero-order valence-electron chi connectivity index (χ0n) is 25.6. The topological polar surface area (TPSA) is 210 Å². The van der Waals surface area contributed by atoms with Crippen LogP contribution in [0.1, 0.15) is 37.7 Å². The van der Waals surface area contributed by atoms with E-state index in [1.165, 1.54) is 12.1 Å². The summed E-state index contributed by atoms with van der Waals surface area (Å²) in [6.45, 7) is 1.38. The molecule has 254 valence electrons. The highest BCUT2D eigenvalue weighted by atomic mass is 32.2. The zero-order chi connectivity index (χ0) is 33.1. The van der Waals surface area contributed by atoms with Gasteiger partial charge in [0.15, 0.2) is 6.29 Å². The van der Waals surface area contributed by atoms with E-state index in [1.54, 1.807) is 12.1 Å². The third-order valence-electron chi connectivity index (χ3n) is 8.21. The first kappa shape index (κ1) is 35.5. The number of aliphatic hydroxyl groups excluding tert-OH is 1. The minimum atomic E-state index is -4.16. The molecule has 5 atom stereocenters. The average molecular weight is 665 g/mol. The number of anilines is 1. The van der Waals surface area contributed by atoms with E-state index in [-0.39, 0.29) is 35.5 Å². The molecule has 46 heavy (non-hydrogen) atoms. The molecule has 7 N–H and O–H groups in total. The third-order valence-corrected chi connectivity index (χ3v) is 9.83. The maximum atomic E-state index is 13.6. The number of aliphatic carboxylic acids is 1. The molecule has 0 aromatic heterocycles. The van der Waals surface area contributed by atoms with E-state index in [1.807, 2.05) is 30.3 Å². The summed E-state index contributed by atoms with van der Waals surface area (Å²) in [5, 5.41) is 34.4. The lowest BCUT2D eigenvalue weighted by atomic mass is 9.94. The number of carbonyl (C=O) groups is 2. The van der Waals surface area contributed by atoms with Crippen molar-refractivity contribution in [1.29, 1.82) is 0 Å². The maximum absolute atomic E-state index is 13.6. The van der Waals surface area contributed by atoms with E-state index in [0.29, 0.717) is 44.8 Å². The van der Waals surface area contributed by atoms with Crippen LogP contribution in [0.4, 0.5) is 10.5 Å². The summed E-state index contributed by atoms with van der Waals surface area (Å²) in [7, 11) is -4.16. The summed E-state index contributed by atoms with van der Waals surface area (Å²) in [5.41, 5.74) is 6.92. The fourth-order valence-electron chi connectivity index (χ4n) is 5.77. The quantitative estimate of drug-likeness (QED) is 0.161. The largest absolute Gasteiger partial charge is 0.481 e. The van der Waals surface area contributed by atoms with Gasteiger partial charge in [-0.3, -0.25) is 9.63 Å². The Kier molecular flexibility index (Phi) is 13.1. The van der Waals surface area contributed by atoms with Crippen LogP contribution >= 0.6 is 0 Å². The van der Waals surface area contributed by atoms with Crippen LogP contribution in [-0.4, -0.2) is 97.7 Å². The van der Waals surface area contributed by atoms with Crippen molar-refractivity contribution in [2.45, 2.75) is 68.0 Å². The highest BCUT2D eigenvalue weighted by Crippen LogP contribution is 2.35. The van der Waals surface area contributed by atoms with Crippen molar-refractivity contribution in [2.75, 3.05) is 38.2 Å². The Balaban J connectivity index is 0.000000363. The number of carboxylic acids is 1. The highest BCUT2D eigenvalue weighted by molar-refractivity contribution is 7.89. The molecule has 14 nitrogen and oxygen atoms in total. The SMILES string of the molecule is NCCNc1cccc(S(=O)(=O)N(C[C@@H](O)[C@H](Cc2ccccc2)NC(=O)O)OC2CCCC2)c1.O=C(O)C1COC2OCCC21. The lowest BCUT2D eigenvalue weighted by Crippen LogP contribution is -2.50. The van der Waals surface area contributed by atoms with Crippen molar-refractivity contribution >= 4 is 27.8 Å². The Labute approximate surface area is 268 Å². The van der Waals surface area contributed by atoms with Gasteiger partial charge in [0.25, 0.3) is 10.0 Å². The van der Waals surface area contributed by atoms with Crippen LogP contribution in [0.3, 0.4) is 0 Å². The lowest BCUT2D eigenvalue weighted by molar-refractivity contribution is -0.145. The van der Waals surface area contributed by atoms with Crippen LogP contribution in [0.2, 0.25) is 0 Å². The Morgan fingerprint density at radius 1 is 1.04 bits per heavy atom. The van der Waals surface area contributed by atoms with Crippen LogP contribution in [0.5, 0.6) is 0 Å². The van der Waals surface area contributed by atoms with E-state index < -0.39 is 40.8 Å². The molecule has 1 aliphatic carbocycles. The molecule has 3 unspecified atom stereocenters. The van der Waals surface area contributed by atoms with Crippen molar-refractivity contribution in [3.05, 3.63) is 60.2 Å². The number of nitrogens with two attached hydrogens (primary N) is 1. The first-order valence-electron chi connectivity index (χ1n) is 15.5. The molecule has 3 fully saturated rings. The zero-order valence-corrected chi connectivity index (χ0v) is 26.4.